The van der Waals surface area contributed by atoms with Crippen LogP contribution in [0.2, 0.25) is 0 Å². The van der Waals surface area contributed by atoms with Crippen molar-refractivity contribution in [1.29, 1.82) is 0 Å². The van der Waals surface area contributed by atoms with Crippen molar-refractivity contribution >= 4 is 5.78 Å². The minimum Gasteiger partial charge on any atom is -0.391 e. The quantitative estimate of drug-likeness (QED) is 0.485. The first-order valence-corrected chi connectivity index (χ1v) is 3.11. The van der Waals surface area contributed by atoms with Gasteiger partial charge in [0.25, 0.3) is 0 Å². The van der Waals surface area contributed by atoms with E-state index in [9.17, 15) is 4.79 Å². The maximum atomic E-state index is 10.7. The first-order chi connectivity index (χ1) is 4.22. The van der Waals surface area contributed by atoms with E-state index in [1.54, 1.807) is 0 Å². The molecule has 0 aliphatic carbocycles. The number of aliphatic hydroxyl groups excluding tert-OH is 1. The Labute approximate surface area is 54.1 Å². The van der Waals surface area contributed by atoms with E-state index in [2.05, 4.69) is 5.32 Å². The highest BCUT2D eigenvalue weighted by molar-refractivity contribution is 5.79. The summed E-state index contributed by atoms with van der Waals surface area (Å²) in [6, 6.07) is 0. The second-order valence-electron chi connectivity index (χ2n) is 2.44. The van der Waals surface area contributed by atoms with Crippen LogP contribution in [-0.4, -0.2) is 30.1 Å². The molecule has 3 nitrogen and oxygen atoms in total. The number of β-amino-alcohol motifs (C(OH)–C–C–N with tert-alkyl or cyclic N) is 1. The summed E-state index contributed by atoms with van der Waals surface area (Å²) in [6.07, 6.45) is -0.456. The number of aliphatic hydroxyl groups is 1. The Balaban J connectivity index is 2.49. The largest absolute Gasteiger partial charge is 0.391 e. The zero-order chi connectivity index (χ0) is 6.85. The third-order valence-corrected chi connectivity index (χ3v) is 1.70. The second-order valence-corrected chi connectivity index (χ2v) is 2.44. The van der Waals surface area contributed by atoms with E-state index in [1.807, 2.05) is 0 Å². The Morgan fingerprint density at radius 3 is 2.56 bits per heavy atom. The van der Waals surface area contributed by atoms with Gasteiger partial charge in [-0.15, -0.1) is 0 Å². The van der Waals surface area contributed by atoms with Gasteiger partial charge in [-0.3, -0.25) is 4.79 Å². The van der Waals surface area contributed by atoms with Crippen molar-refractivity contribution in [3.8, 4) is 0 Å². The van der Waals surface area contributed by atoms with Crippen LogP contribution in [0.25, 0.3) is 0 Å². The third-order valence-electron chi connectivity index (χ3n) is 1.70. The lowest BCUT2D eigenvalue weighted by Crippen LogP contribution is -2.24. The second kappa shape index (κ2) is 2.45. The summed E-state index contributed by atoms with van der Waals surface area (Å²) < 4.78 is 0. The average molecular weight is 129 g/mol. The van der Waals surface area contributed by atoms with Gasteiger partial charge in [-0.2, -0.15) is 0 Å². The number of Topliss-reactive ketones (excluding diaryl/α,β-unsaturated/α-hetero) is 1. The molecule has 0 bridgehead atoms. The molecule has 2 atom stereocenters. The maximum absolute atomic E-state index is 10.7. The van der Waals surface area contributed by atoms with E-state index in [4.69, 9.17) is 5.11 Å². The molecule has 0 aromatic rings. The Hall–Kier alpha value is -0.410. The normalized spacial score (nSPS) is 34.9. The van der Waals surface area contributed by atoms with E-state index in [0.717, 1.165) is 0 Å². The monoisotopic (exact) mass is 129 g/mol. The molecule has 1 saturated heterocycles. The van der Waals surface area contributed by atoms with Crippen LogP contribution < -0.4 is 5.32 Å². The molecule has 52 valence electrons. The zero-order valence-electron chi connectivity index (χ0n) is 5.42. The summed E-state index contributed by atoms with van der Waals surface area (Å²) in [6.45, 7) is 2.71. The Morgan fingerprint density at radius 2 is 2.33 bits per heavy atom. The molecule has 1 heterocycles. The molecule has 3 heteroatoms. The molecule has 1 aliphatic rings. The van der Waals surface area contributed by atoms with Crippen molar-refractivity contribution < 1.29 is 9.90 Å². The van der Waals surface area contributed by atoms with Gasteiger partial charge < -0.3 is 10.4 Å². The van der Waals surface area contributed by atoms with Gasteiger partial charge in [0.15, 0.2) is 0 Å². The number of hydrogen-bond donors (Lipinski definition) is 2. The topological polar surface area (TPSA) is 49.3 Å². The number of carbonyl (C=O) groups excluding carboxylic acids is 1. The van der Waals surface area contributed by atoms with E-state index in [1.165, 1.54) is 6.92 Å². The summed E-state index contributed by atoms with van der Waals surface area (Å²) in [5.41, 5.74) is 0. The van der Waals surface area contributed by atoms with Gasteiger partial charge in [0.05, 0.1) is 12.0 Å². The molecule has 0 radical (unpaired) electrons. The van der Waals surface area contributed by atoms with E-state index >= 15 is 0 Å². The fourth-order valence-electron chi connectivity index (χ4n) is 1.08. The summed E-state index contributed by atoms with van der Waals surface area (Å²) in [5.74, 6) is -0.0856. The first kappa shape index (κ1) is 6.71. The number of hydrogen-bond acceptors (Lipinski definition) is 3. The minimum absolute atomic E-state index is 0.0764. The predicted molar refractivity (Wildman–Crippen MR) is 33.0 cm³/mol. The highest BCUT2D eigenvalue weighted by Gasteiger charge is 2.28. The molecule has 9 heavy (non-hydrogen) atoms. The van der Waals surface area contributed by atoms with Crippen molar-refractivity contribution in [2.75, 3.05) is 13.1 Å². The maximum Gasteiger partial charge on any atom is 0.136 e. The molecule has 0 unspecified atom stereocenters. The van der Waals surface area contributed by atoms with Crippen LogP contribution in [0.1, 0.15) is 6.92 Å². The molecule has 0 saturated carbocycles. The Kier molecular flexibility index (Phi) is 1.83. The number of ketones is 1. The van der Waals surface area contributed by atoms with Gasteiger partial charge in [0, 0.05) is 13.1 Å². The number of rotatable bonds is 1. The lowest BCUT2D eigenvalue weighted by atomic mass is 10.0. The molecular formula is C6H11NO2. The van der Waals surface area contributed by atoms with Crippen molar-refractivity contribution in [3.05, 3.63) is 0 Å². The number of nitrogens with one attached hydrogen (secondary N) is 1. The molecular weight excluding hydrogens is 118 g/mol. The summed E-state index contributed by atoms with van der Waals surface area (Å²) in [5, 5.41) is 12.0. The molecule has 0 amide bonds. The van der Waals surface area contributed by atoms with Gasteiger partial charge in [-0.25, -0.2) is 0 Å². The van der Waals surface area contributed by atoms with Gasteiger partial charge in [0.1, 0.15) is 5.78 Å². The summed E-state index contributed by atoms with van der Waals surface area (Å²) in [7, 11) is 0. The third kappa shape index (κ3) is 1.28. The predicted octanol–water partition coefficient (Wildman–Crippen LogP) is -0.844. The molecule has 1 fully saturated rings. The van der Waals surface area contributed by atoms with Gasteiger partial charge >= 0.3 is 0 Å². The van der Waals surface area contributed by atoms with Gasteiger partial charge in [-0.1, -0.05) is 0 Å². The Morgan fingerprint density at radius 1 is 1.67 bits per heavy atom. The standard InChI is InChI=1S/C6H11NO2/c1-4(8)5-2-7-3-6(5)9/h5-7,9H,2-3H2,1H3/t5-,6+/m0/s1. The van der Waals surface area contributed by atoms with E-state index < -0.39 is 6.10 Å². The van der Waals surface area contributed by atoms with Crippen LogP contribution >= 0.6 is 0 Å². The van der Waals surface area contributed by atoms with Crippen molar-refractivity contribution in [2.45, 2.75) is 13.0 Å². The zero-order valence-corrected chi connectivity index (χ0v) is 5.42. The number of carbonyl (C=O) groups is 1. The van der Waals surface area contributed by atoms with E-state index in [0.29, 0.717) is 13.1 Å². The lowest BCUT2D eigenvalue weighted by Gasteiger charge is -2.06. The van der Waals surface area contributed by atoms with Gasteiger partial charge in [-0.05, 0) is 6.92 Å². The highest BCUT2D eigenvalue weighted by atomic mass is 16.3. The van der Waals surface area contributed by atoms with Crippen LogP contribution in [-0.2, 0) is 4.79 Å². The molecule has 1 aliphatic heterocycles. The molecule has 0 spiro atoms. The lowest BCUT2D eigenvalue weighted by molar-refractivity contribution is -0.122. The van der Waals surface area contributed by atoms with Crippen molar-refractivity contribution in [2.24, 2.45) is 5.92 Å². The molecule has 0 aromatic heterocycles. The van der Waals surface area contributed by atoms with Crippen molar-refractivity contribution in [1.82, 2.24) is 5.32 Å². The van der Waals surface area contributed by atoms with Crippen LogP contribution in [0.15, 0.2) is 0 Å². The smallest absolute Gasteiger partial charge is 0.136 e. The van der Waals surface area contributed by atoms with Crippen LogP contribution in [0.5, 0.6) is 0 Å². The van der Waals surface area contributed by atoms with Crippen LogP contribution in [0, 0.1) is 5.92 Å². The highest BCUT2D eigenvalue weighted by Crippen LogP contribution is 2.08. The van der Waals surface area contributed by atoms with Gasteiger partial charge in [0.2, 0.25) is 0 Å². The molecule has 2 N–H and O–H groups in total. The summed E-state index contributed by atoms with van der Waals surface area (Å²) in [4.78, 5) is 10.7. The van der Waals surface area contributed by atoms with E-state index in [-0.39, 0.29) is 11.7 Å². The SMILES string of the molecule is CC(=O)[C@@H]1CNC[C@H]1O. The molecule has 1 rings (SSSR count). The fourth-order valence-corrected chi connectivity index (χ4v) is 1.08. The first-order valence-electron chi connectivity index (χ1n) is 3.11. The summed E-state index contributed by atoms with van der Waals surface area (Å²) >= 11 is 0. The average Bonchev–Trinajstić information content (AvgIpc) is 2.13. The van der Waals surface area contributed by atoms with Crippen LogP contribution in [0.4, 0.5) is 0 Å². The van der Waals surface area contributed by atoms with Crippen molar-refractivity contribution in [3.63, 3.8) is 0 Å². The minimum atomic E-state index is -0.456. The Bertz CT molecular complexity index is 124. The van der Waals surface area contributed by atoms with Crippen LogP contribution in [0.3, 0.4) is 0 Å². The molecule has 0 aromatic carbocycles. The fraction of sp³-hybridized carbons (Fsp3) is 0.833.